The van der Waals surface area contributed by atoms with Crippen LogP contribution < -0.4 is 4.90 Å². The average Bonchev–Trinajstić information content (AvgIpc) is 4.07. The zero-order valence-corrected chi connectivity index (χ0v) is 32.4. The fourth-order valence-electron chi connectivity index (χ4n) is 14.6. The minimum Gasteiger partial charge on any atom is -0.456 e. The third-order valence-corrected chi connectivity index (χ3v) is 16.5. The summed E-state index contributed by atoms with van der Waals surface area (Å²) in [6.45, 7) is 2.47. The monoisotopic (exact) mass is 727 g/mol. The Balaban J connectivity index is 1.08. The van der Waals surface area contributed by atoms with Gasteiger partial charge < -0.3 is 9.32 Å². The van der Waals surface area contributed by atoms with E-state index in [2.05, 4.69) is 139 Å². The summed E-state index contributed by atoms with van der Waals surface area (Å²) in [5.41, 5.74) is 18.0. The molecule has 0 aliphatic heterocycles. The quantitative estimate of drug-likeness (QED) is 0.179. The maximum atomic E-state index is 6.43. The first-order valence-electron chi connectivity index (χ1n) is 21.9. The van der Waals surface area contributed by atoms with Crippen molar-refractivity contribution in [2.24, 2.45) is 29.6 Å². The van der Waals surface area contributed by atoms with Crippen LogP contribution in [-0.2, 0) is 10.8 Å². The van der Waals surface area contributed by atoms with Crippen LogP contribution >= 0.6 is 0 Å². The van der Waals surface area contributed by atoms with E-state index < -0.39 is 0 Å². The van der Waals surface area contributed by atoms with Crippen molar-refractivity contribution in [2.75, 3.05) is 4.90 Å². The van der Waals surface area contributed by atoms with Gasteiger partial charge >= 0.3 is 0 Å². The molecule has 276 valence electrons. The molecule has 7 atom stereocenters. The van der Waals surface area contributed by atoms with E-state index in [4.69, 9.17) is 4.42 Å². The molecule has 0 saturated heterocycles. The minimum atomic E-state index is 0.0662. The van der Waals surface area contributed by atoms with Gasteiger partial charge in [0.1, 0.15) is 11.2 Å². The van der Waals surface area contributed by atoms with E-state index in [9.17, 15) is 0 Å². The van der Waals surface area contributed by atoms with E-state index in [1.54, 1.807) is 22.3 Å². The van der Waals surface area contributed by atoms with Crippen LogP contribution in [0.25, 0.3) is 44.2 Å². The van der Waals surface area contributed by atoms with E-state index in [1.165, 1.54) is 114 Å². The minimum absolute atomic E-state index is 0.0662. The van der Waals surface area contributed by atoms with Crippen LogP contribution in [0.2, 0.25) is 0 Å². The van der Waals surface area contributed by atoms with E-state index in [-0.39, 0.29) is 10.8 Å². The van der Waals surface area contributed by atoms with Crippen LogP contribution in [0.3, 0.4) is 0 Å². The fraction of sp³-hybridized carbons (Fsp3) is 0.333. The zero-order valence-electron chi connectivity index (χ0n) is 32.4. The molecule has 0 amide bonds. The lowest BCUT2D eigenvalue weighted by Crippen LogP contribution is -2.48. The molecule has 2 spiro atoms. The standard InChI is InChI=1S/C54H49NO/c1-2-35-27-33-11-9-12-37(28-33)54(35)46-17-7-4-15-43(46)52-47(54)18-10-19-49(52)55(38-24-26-51-44(30-38)42-14-5-8-20-50(42)56-51)39-23-25-41-40-13-3-6-16-45(40)53(48(41)31-39)32-34-21-22-36(53)29-34/h3-8,10,13-20,23-26,30-31,33-37H,2,9,11-12,21-22,27-29,32H2,1H3. The number of hydrogen-bond acceptors (Lipinski definition) is 2. The molecular weight excluding hydrogens is 679 g/mol. The third kappa shape index (κ3) is 3.98. The van der Waals surface area contributed by atoms with Crippen molar-refractivity contribution in [1.82, 2.24) is 0 Å². The first-order valence-corrected chi connectivity index (χ1v) is 21.9. The summed E-state index contributed by atoms with van der Waals surface area (Å²) in [6.07, 6.45) is 13.5. The number of rotatable bonds is 4. The molecule has 7 aromatic rings. The maximum absolute atomic E-state index is 6.43. The second-order valence-corrected chi connectivity index (χ2v) is 18.6. The zero-order chi connectivity index (χ0) is 36.8. The summed E-state index contributed by atoms with van der Waals surface area (Å²) in [5, 5.41) is 2.36. The molecule has 1 heterocycles. The summed E-state index contributed by atoms with van der Waals surface area (Å²) in [6, 6.07) is 49.5. The predicted molar refractivity (Wildman–Crippen MR) is 230 cm³/mol. The van der Waals surface area contributed by atoms with Crippen molar-refractivity contribution >= 4 is 39.0 Å². The summed E-state index contributed by atoms with van der Waals surface area (Å²) >= 11 is 0. The second kappa shape index (κ2) is 11.5. The molecule has 0 N–H and O–H groups in total. The summed E-state index contributed by atoms with van der Waals surface area (Å²) in [4.78, 5) is 2.65. The number of fused-ring (bicyclic) bond motifs is 19. The van der Waals surface area contributed by atoms with Crippen LogP contribution in [-0.4, -0.2) is 0 Å². The normalized spacial score (nSPS) is 28.9. The van der Waals surface area contributed by atoms with Crippen LogP contribution in [0, 0.1) is 29.6 Å². The highest BCUT2D eigenvalue weighted by Gasteiger charge is 2.58. The van der Waals surface area contributed by atoms with Gasteiger partial charge in [-0.3, -0.25) is 0 Å². The lowest BCUT2D eigenvalue weighted by molar-refractivity contribution is 0.0557. The topological polar surface area (TPSA) is 16.4 Å². The Hall–Kier alpha value is -5.08. The van der Waals surface area contributed by atoms with E-state index >= 15 is 0 Å². The van der Waals surface area contributed by atoms with Crippen LogP contribution in [0.1, 0.15) is 93.4 Å². The van der Waals surface area contributed by atoms with Crippen molar-refractivity contribution in [3.8, 4) is 22.3 Å². The van der Waals surface area contributed by atoms with Gasteiger partial charge in [-0.1, -0.05) is 118 Å². The van der Waals surface area contributed by atoms with Gasteiger partial charge in [0.25, 0.3) is 0 Å². The van der Waals surface area contributed by atoms with Crippen molar-refractivity contribution in [3.63, 3.8) is 0 Å². The van der Waals surface area contributed by atoms with Gasteiger partial charge in [0.15, 0.2) is 0 Å². The molecule has 6 aliphatic rings. The fourth-order valence-corrected chi connectivity index (χ4v) is 14.6. The smallest absolute Gasteiger partial charge is 0.135 e. The molecule has 7 unspecified atom stereocenters. The molecule has 2 heteroatoms. The highest BCUT2D eigenvalue weighted by molar-refractivity contribution is 6.07. The Labute approximate surface area is 330 Å². The predicted octanol–water partition coefficient (Wildman–Crippen LogP) is 14.6. The number of hydrogen-bond donors (Lipinski definition) is 0. The van der Waals surface area contributed by atoms with E-state index in [1.807, 2.05) is 0 Å². The largest absolute Gasteiger partial charge is 0.456 e. The lowest BCUT2D eigenvalue weighted by Gasteiger charge is -2.54. The summed E-state index contributed by atoms with van der Waals surface area (Å²) < 4.78 is 6.43. The lowest BCUT2D eigenvalue weighted by atomic mass is 9.50. The molecular formula is C54H49NO. The van der Waals surface area contributed by atoms with Crippen LogP contribution in [0.15, 0.2) is 132 Å². The Bertz CT molecular complexity index is 2750. The van der Waals surface area contributed by atoms with Crippen molar-refractivity contribution in [2.45, 2.75) is 82.0 Å². The Morgan fingerprint density at radius 1 is 0.571 bits per heavy atom. The van der Waals surface area contributed by atoms with Gasteiger partial charge in [-0.25, -0.2) is 0 Å². The Morgan fingerprint density at radius 3 is 2.20 bits per heavy atom. The average molecular weight is 728 g/mol. The number of furan rings is 1. The van der Waals surface area contributed by atoms with Gasteiger partial charge in [-0.15, -0.1) is 0 Å². The number of anilines is 3. The Morgan fingerprint density at radius 2 is 1.32 bits per heavy atom. The molecule has 1 aromatic heterocycles. The SMILES string of the molecule is CCC1CC2CCCC(C2)C12c1ccccc1-c1c(N(c3ccc4c(c3)C3(CC5CCC3C5)c3ccccc3-4)c3ccc4oc5ccccc5c4c3)cccc12. The molecule has 0 radical (unpaired) electrons. The first-order chi connectivity index (χ1) is 27.7. The molecule has 4 fully saturated rings. The molecule has 56 heavy (non-hydrogen) atoms. The highest BCUT2D eigenvalue weighted by Crippen LogP contribution is 2.68. The molecule has 4 saturated carbocycles. The van der Waals surface area contributed by atoms with E-state index in [0.29, 0.717) is 11.8 Å². The van der Waals surface area contributed by atoms with Crippen molar-refractivity contribution in [1.29, 1.82) is 0 Å². The van der Waals surface area contributed by atoms with Crippen molar-refractivity contribution < 1.29 is 4.42 Å². The molecule has 13 rings (SSSR count). The van der Waals surface area contributed by atoms with Gasteiger partial charge in [-0.05, 0) is 150 Å². The Kier molecular flexibility index (Phi) is 6.58. The molecule has 6 aromatic carbocycles. The number of nitrogens with zero attached hydrogens (tertiary/aromatic N) is 1. The van der Waals surface area contributed by atoms with Gasteiger partial charge in [0, 0.05) is 38.5 Å². The number of para-hydroxylation sites is 1. The molecule has 6 aliphatic carbocycles. The summed E-state index contributed by atoms with van der Waals surface area (Å²) in [5.74, 6) is 3.78. The molecule has 4 bridgehead atoms. The van der Waals surface area contributed by atoms with Gasteiger partial charge in [0.2, 0.25) is 0 Å². The summed E-state index contributed by atoms with van der Waals surface area (Å²) in [7, 11) is 0. The van der Waals surface area contributed by atoms with Crippen LogP contribution in [0.4, 0.5) is 17.1 Å². The van der Waals surface area contributed by atoms with Crippen molar-refractivity contribution in [3.05, 3.63) is 150 Å². The number of benzene rings is 6. The highest BCUT2D eigenvalue weighted by atomic mass is 16.3. The van der Waals surface area contributed by atoms with Gasteiger partial charge in [0.05, 0.1) is 5.69 Å². The van der Waals surface area contributed by atoms with Crippen LogP contribution in [0.5, 0.6) is 0 Å². The van der Waals surface area contributed by atoms with Gasteiger partial charge in [-0.2, -0.15) is 0 Å². The third-order valence-electron chi connectivity index (χ3n) is 16.5. The van der Waals surface area contributed by atoms with E-state index in [0.717, 1.165) is 28.9 Å². The molecule has 2 nitrogen and oxygen atoms in total. The first kappa shape index (κ1) is 32.1. The maximum Gasteiger partial charge on any atom is 0.135 e. The second-order valence-electron chi connectivity index (χ2n) is 18.6.